The highest BCUT2D eigenvalue weighted by atomic mass is 16.3. The molecular weight excluding hydrogens is 412 g/mol. The normalized spacial score (nSPS) is 23.2. The molecule has 0 saturated heterocycles. The quantitative estimate of drug-likeness (QED) is 0.522. The highest BCUT2D eigenvalue weighted by Gasteiger charge is 2.39. The van der Waals surface area contributed by atoms with E-state index in [0.717, 1.165) is 28.1 Å². The van der Waals surface area contributed by atoms with Crippen molar-refractivity contribution in [2.75, 3.05) is 0 Å². The zero-order chi connectivity index (χ0) is 23.2. The highest BCUT2D eigenvalue weighted by Crippen LogP contribution is 2.26. The first-order valence-corrected chi connectivity index (χ1v) is 11.5. The lowest BCUT2D eigenvalue weighted by molar-refractivity contribution is -0.0297. The third-order valence-electron chi connectivity index (χ3n) is 6.44. The maximum atomic E-state index is 11.4. The van der Waals surface area contributed by atoms with E-state index in [2.05, 4.69) is 4.90 Å². The van der Waals surface area contributed by atoms with Gasteiger partial charge >= 0.3 is 0 Å². The molecule has 5 heteroatoms. The summed E-state index contributed by atoms with van der Waals surface area (Å²) in [5, 5.41) is 31.9. The van der Waals surface area contributed by atoms with Crippen molar-refractivity contribution < 1.29 is 15.3 Å². The van der Waals surface area contributed by atoms with E-state index in [0.29, 0.717) is 19.4 Å². The summed E-state index contributed by atoms with van der Waals surface area (Å²) in [6.45, 7) is 2.52. The molecule has 4 atom stereocenters. The van der Waals surface area contributed by atoms with Crippen LogP contribution in [0.2, 0.25) is 0 Å². The average Bonchev–Trinajstić information content (AvgIpc) is 2.93. The second-order valence-electron chi connectivity index (χ2n) is 8.77. The van der Waals surface area contributed by atoms with E-state index in [9.17, 15) is 15.3 Å². The van der Waals surface area contributed by atoms with Gasteiger partial charge in [-0.1, -0.05) is 84.9 Å². The predicted octanol–water partition coefficient (Wildman–Crippen LogP) is 3.36. The Morgan fingerprint density at radius 3 is 1.82 bits per heavy atom. The fourth-order valence-electron chi connectivity index (χ4n) is 4.56. The van der Waals surface area contributed by atoms with Crippen molar-refractivity contribution >= 4 is 5.84 Å². The molecule has 4 unspecified atom stereocenters. The summed E-state index contributed by atoms with van der Waals surface area (Å²) < 4.78 is 0. The number of rotatable bonds is 7. The van der Waals surface area contributed by atoms with E-state index in [-0.39, 0.29) is 12.6 Å². The number of hydrogen-bond acceptors (Lipinski definition) is 5. The summed E-state index contributed by atoms with van der Waals surface area (Å²) in [5.74, 6) is 0.804. The van der Waals surface area contributed by atoms with E-state index in [4.69, 9.17) is 4.99 Å². The van der Waals surface area contributed by atoms with Crippen LogP contribution < -0.4 is 0 Å². The first-order chi connectivity index (χ1) is 16.0. The van der Waals surface area contributed by atoms with Gasteiger partial charge in [-0.05, 0) is 42.0 Å². The van der Waals surface area contributed by atoms with Gasteiger partial charge in [-0.15, -0.1) is 0 Å². The van der Waals surface area contributed by atoms with Crippen LogP contribution in [-0.2, 0) is 26.0 Å². The Morgan fingerprint density at radius 2 is 1.24 bits per heavy atom. The van der Waals surface area contributed by atoms with Crippen LogP contribution in [0.3, 0.4) is 0 Å². The smallest absolute Gasteiger partial charge is 0.105 e. The van der Waals surface area contributed by atoms with Crippen LogP contribution in [0.25, 0.3) is 0 Å². The molecule has 1 aliphatic heterocycles. The first-order valence-electron chi connectivity index (χ1n) is 11.5. The first kappa shape index (κ1) is 23.2. The van der Waals surface area contributed by atoms with Gasteiger partial charge in [0.25, 0.3) is 0 Å². The van der Waals surface area contributed by atoms with Crippen LogP contribution in [0.1, 0.15) is 29.2 Å². The number of aliphatic imine (C=N–C) groups is 1. The lowest BCUT2D eigenvalue weighted by Gasteiger charge is -2.36. The zero-order valence-corrected chi connectivity index (χ0v) is 19.0. The van der Waals surface area contributed by atoms with E-state index in [1.807, 2.05) is 91.9 Å². The Kier molecular flexibility index (Phi) is 7.55. The summed E-state index contributed by atoms with van der Waals surface area (Å²) in [4.78, 5) is 7.01. The van der Waals surface area contributed by atoms with Gasteiger partial charge in [0.15, 0.2) is 0 Å². The van der Waals surface area contributed by atoms with Crippen LogP contribution in [0.4, 0.5) is 0 Å². The second-order valence-corrected chi connectivity index (χ2v) is 8.77. The van der Waals surface area contributed by atoms with Crippen LogP contribution in [0.15, 0.2) is 89.9 Å². The van der Waals surface area contributed by atoms with Crippen molar-refractivity contribution in [1.29, 1.82) is 0 Å². The molecule has 0 amide bonds. The topological polar surface area (TPSA) is 76.3 Å². The SMILES string of the molecule is CC1=NC(Cc2ccccc2)C(O)C(O)C(Cc2ccccc2)N1Cc1ccc(CO)cc1. The summed E-state index contributed by atoms with van der Waals surface area (Å²) in [7, 11) is 0. The van der Waals surface area contributed by atoms with Crippen molar-refractivity contribution in [3.05, 3.63) is 107 Å². The third-order valence-corrected chi connectivity index (χ3v) is 6.44. The number of hydrogen-bond donors (Lipinski definition) is 3. The van der Waals surface area contributed by atoms with Gasteiger partial charge in [0, 0.05) is 6.54 Å². The Labute approximate surface area is 195 Å². The molecule has 0 bridgehead atoms. The standard InChI is InChI=1S/C28H32N2O3/c1-20-29-25(16-21-8-4-2-5-9-21)27(32)28(33)26(17-22-10-6-3-7-11-22)30(20)18-23-12-14-24(19-31)15-13-23/h2-15,25-28,31-33H,16-19H2,1H3. The van der Waals surface area contributed by atoms with Crippen LogP contribution in [-0.4, -0.2) is 50.3 Å². The molecule has 0 radical (unpaired) electrons. The maximum Gasteiger partial charge on any atom is 0.105 e. The van der Waals surface area contributed by atoms with Crippen molar-refractivity contribution in [3.63, 3.8) is 0 Å². The van der Waals surface area contributed by atoms with Crippen molar-refractivity contribution in [1.82, 2.24) is 4.90 Å². The molecule has 1 aliphatic rings. The molecule has 3 N–H and O–H groups in total. The Balaban J connectivity index is 1.66. The third kappa shape index (κ3) is 5.69. The lowest BCUT2D eigenvalue weighted by atomic mass is 9.91. The monoisotopic (exact) mass is 444 g/mol. The molecule has 172 valence electrons. The van der Waals surface area contributed by atoms with Crippen LogP contribution in [0.5, 0.6) is 0 Å². The molecule has 33 heavy (non-hydrogen) atoms. The number of amidine groups is 1. The highest BCUT2D eigenvalue weighted by molar-refractivity contribution is 5.80. The van der Waals surface area contributed by atoms with E-state index in [1.165, 1.54) is 0 Å². The molecule has 0 saturated carbocycles. The average molecular weight is 445 g/mol. The predicted molar refractivity (Wildman–Crippen MR) is 131 cm³/mol. The minimum atomic E-state index is -0.976. The largest absolute Gasteiger partial charge is 0.392 e. The molecule has 0 aliphatic carbocycles. The molecule has 3 aromatic carbocycles. The number of aliphatic hydroxyl groups excluding tert-OH is 3. The lowest BCUT2D eigenvalue weighted by Crippen LogP contribution is -2.51. The Hall–Kier alpha value is -2.99. The summed E-state index contributed by atoms with van der Waals surface area (Å²) in [6.07, 6.45) is -0.779. The van der Waals surface area contributed by atoms with Crippen molar-refractivity contribution in [2.24, 2.45) is 4.99 Å². The summed E-state index contributed by atoms with van der Waals surface area (Å²) >= 11 is 0. The zero-order valence-electron chi connectivity index (χ0n) is 19.0. The molecule has 0 aromatic heterocycles. The van der Waals surface area contributed by atoms with Gasteiger partial charge in [-0.25, -0.2) is 0 Å². The molecule has 0 spiro atoms. The van der Waals surface area contributed by atoms with Gasteiger partial charge < -0.3 is 20.2 Å². The second kappa shape index (κ2) is 10.8. The fraction of sp³-hybridized carbons (Fsp3) is 0.321. The summed E-state index contributed by atoms with van der Waals surface area (Å²) in [5.41, 5.74) is 4.10. The fourth-order valence-corrected chi connectivity index (χ4v) is 4.56. The van der Waals surface area contributed by atoms with E-state index >= 15 is 0 Å². The van der Waals surface area contributed by atoms with Crippen molar-refractivity contribution in [2.45, 2.75) is 57.2 Å². The van der Waals surface area contributed by atoms with E-state index < -0.39 is 18.2 Å². The minimum absolute atomic E-state index is 0.00713. The van der Waals surface area contributed by atoms with Gasteiger partial charge in [0.05, 0.1) is 24.5 Å². The van der Waals surface area contributed by atoms with Gasteiger partial charge in [0.1, 0.15) is 12.2 Å². The number of nitrogens with zero attached hydrogens (tertiary/aromatic N) is 2. The molecular formula is C28H32N2O3. The molecule has 0 fully saturated rings. The maximum absolute atomic E-state index is 11.4. The minimum Gasteiger partial charge on any atom is -0.392 e. The van der Waals surface area contributed by atoms with Crippen LogP contribution in [0, 0.1) is 0 Å². The van der Waals surface area contributed by atoms with Crippen molar-refractivity contribution in [3.8, 4) is 0 Å². The van der Waals surface area contributed by atoms with Gasteiger partial charge in [-0.2, -0.15) is 0 Å². The molecule has 5 nitrogen and oxygen atoms in total. The Morgan fingerprint density at radius 1 is 0.697 bits per heavy atom. The van der Waals surface area contributed by atoms with Gasteiger partial charge in [-0.3, -0.25) is 4.99 Å². The van der Waals surface area contributed by atoms with E-state index in [1.54, 1.807) is 0 Å². The van der Waals surface area contributed by atoms with Crippen LogP contribution >= 0.6 is 0 Å². The summed E-state index contributed by atoms with van der Waals surface area (Å²) in [6, 6.07) is 27.1. The molecule has 3 aromatic rings. The molecule has 4 rings (SSSR count). The molecule has 1 heterocycles. The number of aliphatic hydroxyl groups is 3. The van der Waals surface area contributed by atoms with Gasteiger partial charge in [0.2, 0.25) is 0 Å². The number of benzene rings is 3. The Bertz CT molecular complexity index is 1040.